The van der Waals surface area contributed by atoms with E-state index in [0.29, 0.717) is 27.1 Å². The van der Waals surface area contributed by atoms with Gasteiger partial charge in [0, 0.05) is 12.1 Å². The molecule has 0 bridgehead atoms. The van der Waals surface area contributed by atoms with Crippen LogP contribution in [0.25, 0.3) is 6.08 Å². The molecule has 1 heterocycles. The van der Waals surface area contributed by atoms with Crippen molar-refractivity contribution in [3.8, 4) is 11.5 Å². The van der Waals surface area contributed by atoms with Gasteiger partial charge in [0.2, 0.25) is 0 Å². The van der Waals surface area contributed by atoms with Crippen LogP contribution in [0.1, 0.15) is 11.1 Å². The zero-order valence-electron chi connectivity index (χ0n) is 15.4. The van der Waals surface area contributed by atoms with Gasteiger partial charge in [0.05, 0.1) is 35.1 Å². The first-order valence-electron chi connectivity index (χ1n) is 8.24. The number of hydrogen-bond donors (Lipinski definition) is 0. The molecule has 0 atom stereocenters. The summed E-state index contributed by atoms with van der Waals surface area (Å²) < 4.78 is 11.2. The first kappa shape index (κ1) is 20.9. The summed E-state index contributed by atoms with van der Waals surface area (Å²) in [7, 11) is 3.03. The summed E-state index contributed by atoms with van der Waals surface area (Å²) in [5.41, 5.74) is 1.23. The maximum Gasteiger partial charge on any atom is 0.293 e. The Morgan fingerprint density at radius 3 is 2.45 bits per heavy atom. The topological polar surface area (TPSA) is 99.0 Å². The molecule has 10 heteroatoms. The lowest BCUT2D eigenvalue weighted by atomic mass is 10.1. The van der Waals surface area contributed by atoms with E-state index in [4.69, 9.17) is 9.47 Å². The van der Waals surface area contributed by atoms with Crippen LogP contribution >= 0.6 is 27.7 Å². The van der Waals surface area contributed by atoms with Gasteiger partial charge in [0.15, 0.2) is 11.5 Å². The van der Waals surface area contributed by atoms with Crippen LogP contribution in [0.3, 0.4) is 0 Å². The average molecular weight is 479 g/mol. The Kier molecular flexibility index (Phi) is 6.23. The molecule has 150 valence electrons. The van der Waals surface area contributed by atoms with Crippen molar-refractivity contribution >= 4 is 50.6 Å². The van der Waals surface area contributed by atoms with E-state index in [1.807, 2.05) is 0 Å². The number of hydrogen-bond acceptors (Lipinski definition) is 7. The monoisotopic (exact) mass is 478 g/mol. The van der Waals surface area contributed by atoms with E-state index in [2.05, 4.69) is 15.9 Å². The molecule has 0 aromatic heterocycles. The summed E-state index contributed by atoms with van der Waals surface area (Å²) in [6.07, 6.45) is 1.60. The maximum atomic E-state index is 12.7. The Morgan fingerprint density at radius 2 is 1.86 bits per heavy atom. The molecule has 0 spiro atoms. The number of carbonyl (C=O) groups excluding carboxylic acids is 2. The molecule has 0 unspecified atom stereocenters. The molecule has 2 aromatic rings. The summed E-state index contributed by atoms with van der Waals surface area (Å²) in [4.78, 5) is 36.6. The Hall–Kier alpha value is -2.85. The number of imide groups is 1. The zero-order chi connectivity index (χ0) is 21.1. The fourth-order valence-corrected chi connectivity index (χ4v) is 4.17. The number of benzene rings is 2. The molecule has 3 rings (SSSR count). The molecule has 29 heavy (non-hydrogen) atoms. The minimum atomic E-state index is -0.506. The Labute approximate surface area is 178 Å². The molecule has 1 fully saturated rings. The quantitative estimate of drug-likeness (QED) is 0.339. The number of nitrogens with zero attached hydrogens (tertiary/aromatic N) is 2. The Bertz CT molecular complexity index is 1020. The van der Waals surface area contributed by atoms with Crippen molar-refractivity contribution in [2.75, 3.05) is 14.2 Å². The van der Waals surface area contributed by atoms with Crippen molar-refractivity contribution < 1.29 is 24.0 Å². The molecular weight excluding hydrogens is 464 g/mol. The van der Waals surface area contributed by atoms with E-state index < -0.39 is 16.1 Å². The number of nitro groups is 1. The van der Waals surface area contributed by atoms with Crippen LogP contribution in [-0.4, -0.2) is 35.2 Å². The van der Waals surface area contributed by atoms with E-state index >= 15 is 0 Å². The SMILES string of the molecule is COc1cc(/C=C2/SC(=O)N(Cc3ccc([N+](=O)[O-])cc3)C2=O)cc(Br)c1OC. The molecule has 0 saturated carbocycles. The minimum Gasteiger partial charge on any atom is -0.493 e. The summed E-state index contributed by atoms with van der Waals surface area (Å²) in [6.45, 7) is 0.0373. The Balaban J connectivity index is 1.83. The van der Waals surface area contributed by atoms with Gasteiger partial charge in [-0.05, 0) is 57.0 Å². The highest BCUT2D eigenvalue weighted by molar-refractivity contribution is 9.10. The molecule has 1 saturated heterocycles. The first-order valence-corrected chi connectivity index (χ1v) is 9.85. The lowest BCUT2D eigenvalue weighted by Gasteiger charge is -2.12. The van der Waals surface area contributed by atoms with Gasteiger partial charge >= 0.3 is 0 Å². The number of ether oxygens (including phenoxy) is 2. The largest absolute Gasteiger partial charge is 0.493 e. The highest BCUT2D eigenvalue weighted by Gasteiger charge is 2.35. The predicted octanol–water partition coefficient (Wildman–Crippen LogP) is 4.61. The van der Waals surface area contributed by atoms with Gasteiger partial charge in [-0.2, -0.15) is 0 Å². The van der Waals surface area contributed by atoms with Crippen molar-refractivity contribution in [3.63, 3.8) is 0 Å². The molecular formula is C19H15BrN2O6S. The second-order valence-electron chi connectivity index (χ2n) is 5.93. The lowest BCUT2D eigenvalue weighted by molar-refractivity contribution is -0.384. The second kappa shape index (κ2) is 8.66. The zero-order valence-corrected chi connectivity index (χ0v) is 17.8. The standard InChI is InChI=1S/C19H15BrN2O6S/c1-27-15-8-12(7-14(20)17(15)28-2)9-16-18(23)21(19(24)29-16)10-11-3-5-13(6-4-11)22(25)26/h3-9H,10H2,1-2H3/b16-9+. The number of halogens is 1. The highest BCUT2D eigenvalue weighted by Crippen LogP contribution is 2.39. The van der Waals surface area contributed by atoms with Gasteiger partial charge in [-0.3, -0.25) is 24.6 Å². The second-order valence-corrected chi connectivity index (χ2v) is 7.78. The van der Waals surface area contributed by atoms with Crippen LogP contribution in [0.4, 0.5) is 10.5 Å². The van der Waals surface area contributed by atoms with Crippen molar-refractivity contribution in [2.24, 2.45) is 0 Å². The van der Waals surface area contributed by atoms with Crippen LogP contribution in [0, 0.1) is 10.1 Å². The lowest BCUT2D eigenvalue weighted by Crippen LogP contribution is -2.27. The third-order valence-corrected chi connectivity index (χ3v) is 5.61. The van der Waals surface area contributed by atoms with Crippen molar-refractivity contribution in [2.45, 2.75) is 6.54 Å². The molecule has 0 aliphatic carbocycles. The fraction of sp³-hybridized carbons (Fsp3) is 0.158. The first-order chi connectivity index (χ1) is 13.8. The maximum absolute atomic E-state index is 12.7. The molecule has 0 N–H and O–H groups in total. The normalized spacial score (nSPS) is 15.1. The highest BCUT2D eigenvalue weighted by atomic mass is 79.9. The number of rotatable bonds is 6. The molecule has 2 amide bonds. The molecule has 0 radical (unpaired) electrons. The molecule has 1 aliphatic heterocycles. The smallest absolute Gasteiger partial charge is 0.293 e. The van der Waals surface area contributed by atoms with Crippen LogP contribution in [0.15, 0.2) is 45.8 Å². The van der Waals surface area contributed by atoms with Crippen molar-refractivity contribution in [3.05, 3.63) is 67.0 Å². The molecule has 8 nitrogen and oxygen atoms in total. The van der Waals surface area contributed by atoms with Gasteiger partial charge in [-0.15, -0.1) is 0 Å². The van der Waals surface area contributed by atoms with Crippen LogP contribution in [0.2, 0.25) is 0 Å². The van der Waals surface area contributed by atoms with Gasteiger partial charge in [-0.1, -0.05) is 12.1 Å². The summed E-state index contributed by atoms with van der Waals surface area (Å²) >= 11 is 4.23. The number of thioether (sulfide) groups is 1. The van der Waals surface area contributed by atoms with Crippen molar-refractivity contribution in [1.82, 2.24) is 4.90 Å². The van der Waals surface area contributed by atoms with Gasteiger partial charge < -0.3 is 9.47 Å². The predicted molar refractivity (Wildman–Crippen MR) is 112 cm³/mol. The van der Waals surface area contributed by atoms with E-state index in [-0.39, 0.29) is 17.1 Å². The third kappa shape index (κ3) is 4.43. The summed E-state index contributed by atoms with van der Waals surface area (Å²) in [5.74, 6) is 0.582. The molecule has 2 aromatic carbocycles. The average Bonchev–Trinajstić information content (AvgIpc) is 2.95. The van der Waals surface area contributed by atoms with Crippen LogP contribution < -0.4 is 9.47 Å². The minimum absolute atomic E-state index is 0.0373. The van der Waals surface area contributed by atoms with Crippen molar-refractivity contribution in [1.29, 1.82) is 0 Å². The fourth-order valence-electron chi connectivity index (χ4n) is 2.71. The number of nitro benzene ring substituents is 1. The van der Waals surface area contributed by atoms with E-state index in [0.717, 1.165) is 16.7 Å². The number of amides is 2. The van der Waals surface area contributed by atoms with Crippen LogP contribution in [-0.2, 0) is 11.3 Å². The Morgan fingerprint density at radius 1 is 1.17 bits per heavy atom. The van der Waals surface area contributed by atoms with E-state index in [1.165, 1.54) is 38.5 Å². The third-order valence-electron chi connectivity index (χ3n) is 4.12. The van der Waals surface area contributed by atoms with Gasteiger partial charge in [-0.25, -0.2) is 0 Å². The van der Waals surface area contributed by atoms with E-state index in [9.17, 15) is 19.7 Å². The summed E-state index contributed by atoms with van der Waals surface area (Å²) in [5, 5.41) is 10.3. The number of carbonyl (C=O) groups is 2. The van der Waals surface area contributed by atoms with Gasteiger partial charge in [0.25, 0.3) is 16.8 Å². The number of methoxy groups -OCH3 is 2. The van der Waals surface area contributed by atoms with Crippen LogP contribution in [0.5, 0.6) is 11.5 Å². The molecule has 1 aliphatic rings. The van der Waals surface area contributed by atoms with E-state index in [1.54, 1.807) is 18.2 Å². The summed E-state index contributed by atoms with van der Waals surface area (Å²) in [6, 6.07) is 9.18. The van der Waals surface area contributed by atoms with Gasteiger partial charge in [0.1, 0.15) is 0 Å². The number of non-ortho nitro benzene ring substituents is 1.